The molecular formula is C15H12O3S3. The van der Waals surface area contributed by atoms with E-state index in [2.05, 4.69) is 22.9 Å². The number of aliphatic hydroxyl groups is 1. The van der Waals surface area contributed by atoms with E-state index in [0.717, 1.165) is 21.3 Å². The maximum Gasteiger partial charge on any atom is 0.182 e. The van der Waals surface area contributed by atoms with Crippen molar-refractivity contribution in [3.8, 4) is 31.0 Å². The molecule has 0 saturated heterocycles. The van der Waals surface area contributed by atoms with Crippen LogP contribution in [0, 0.1) is 0 Å². The molecule has 21 heavy (non-hydrogen) atoms. The number of ether oxygens (including phenoxy) is 2. The molecule has 1 aliphatic rings. The third-order valence-electron chi connectivity index (χ3n) is 3.21. The highest BCUT2D eigenvalue weighted by Crippen LogP contribution is 2.55. The second-order valence-corrected chi connectivity index (χ2v) is 7.52. The molecule has 0 radical (unpaired) electrons. The summed E-state index contributed by atoms with van der Waals surface area (Å²) in [5, 5.41) is 13.4. The molecule has 6 heteroatoms. The first-order valence-corrected chi connectivity index (χ1v) is 9.09. The Morgan fingerprint density at radius 1 is 1.05 bits per heavy atom. The maximum absolute atomic E-state index is 9.33. The van der Waals surface area contributed by atoms with Crippen molar-refractivity contribution in [2.24, 2.45) is 0 Å². The molecule has 3 nitrogen and oxygen atoms in total. The van der Waals surface area contributed by atoms with E-state index in [0.29, 0.717) is 6.61 Å². The van der Waals surface area contributed by atoms with Crippen LogP contribution in [0.4, 0.5) is 0 Å². The average molecular weight is 336 g/mol. The first-order chi connectivity index (χ1) is 10.4. The summed E-state index contributed by atoms with van der Waals surface area (Å²) in [5.41, 5.74) is 0. The van der Waals surface area contributed by atoms with Crippen LogP contribution in [0.15, 0.2) is 35.0 Å². The molecule has 3 aromatic rings. The molecule has 1 atom stereocenters. The molecular weight excluding hydrogens is 324 g/mol. The summed E-state index contributed by atoms with van der Waals surface area (Å²) >= 11 is 5.07. The molecule has 0 bridgehead atoms. The summed E-state index contributed by atoms with van der Waals surface area (Å²) in [4.78, 5) is 4.55. The van der Waals surface area contributed by atoms with Crippen molar-refractivity contribution in [1.82, 2.24) is 0 Å². The fourth-order valence-electron chi connectivity index (χ4n) is 2.25. The van der Waals surface area contributed by atoms with Crippen LogP contribution in [0.1, 0.15) is 0 Å². The van der Waals surface area contributed by atoms with E-state index in [9.17, 15) is 5.11 Å². The highest BCUT2D eigenvalue weighted by Gasteiger charge is 2.30. The van der Waals surface area contributed by atoms with E-state index in [1.807, 2.05) is 12.1 Å². The van der Waals surface area contributed by atoms with Crippen LogP contribution in [0.3, 0.4) is 0 Å². The number of fused-ring (bicyclic) bond motifs is 1. The Bertz CT molecular complexity index is 729. The fourth-order valence-corrected chi connectivity index (χ4v) is 5.13. The molecule has 0 saturated carbocycles. The van der Waals surface area contributed by atoms with E-state index in [1.54, 1.807) is 34.0 Å². The number of hydrogen-bond donors (Lipinski definition) is 1. The van der Waals surface area contributed by atoms with Gasteiger partial charge >= 0.3 is 0 Å². The lowest BCUT2D eigenvalue weighted by Gasteiger charge is -2.24. The lowest BCUT2D eigenvalue weighted by molar-refractivity contribution is 0.0475. The molecule has 4 heterocycles. The first kappa shape index (κ1) is 13.3. The van der Waals surface area contributed by atoms with E-state index in [4.69, 9.17) is 9.47 Å². The van der Waals surface area contributed by atoms with Crippen LogP contribution in [0.25, 0.3) is 19.5 Å². The van der Waals surface area contributed by atoms with Gasteiger partial charge in [-0.25, -0.2) is 0 Å². The van der Waals surface area contributed by atoms with E-state index >= 15 is 0 Å². The van der Waals surface area contributed by atoms with Gasteiger partial charge in [0, 0.05) is 9.75 Å². The zero-order valence-corrected chi connectivity index (χ0v) is 13.4. The van der Waals surface area contributed by atoms with Crippen molar-refractivity contribution < 1.29 is 14.6 Å². The second kappa shape index (κ2) is 5.46. The molecule has 1 unspecified atom stereocenters. The Hall–Kier alpha value is -1.34. The van der Waals surface area contributed by atoms with Gasteiger partial charge < -0.3 is 14.6 Å². The van der Waals surface area contributed by atoms with Crippen LogP contribution in [0.2, 0.25) is 0 Å². The van der Waals surface area contributed by atoms with Crippen molar-refractivity contribution in [2.75, 3.05) is 13.2 Å². The molecule has 1 N–H and O–H groups in total. The van der Waals surface area contributed by atoms with Crippen molar-refractivity contribution in [2.45, 2.75) is 6.10 Å². The van der Waals surface area contributed by atoms with E-state index in [1.165, 1.54) is 9.75 Å². The minimum Gasteiger partial charge on any atom is -0.484 e. The van der Waals surface area contributed by atoms with E-state index in [-0.39, 0.29) is 12.7 Å². The monoisotopic (exact) mass is 336 g/mol. The Balaban J connectivity index is 1.88. The molecule has 0 aliphatic carbocycles. The van der Waals surface area contributed by atoms with Gasteiger partial charge in [0.05, 0.1) is 16.4 Å². The van der Waals surface area contributed by atoms with Crippen molar-refractivity contribution in [3.05, 3.63) is 35.0 Å². The van der Waals surface area contributed by atoms with Crippen molar-refractivity contribution >= 4 is 34.0 Å². The van der Waals surface area contributed by atoms with Gasteiger partial charge in [-0.05, 0) is 22.9 Å². The molecule has 0 aromatic carbocycles. The first-order valence-electron chi connectivity index (χ1n) is 6.51. The summed E-state index contributed by atoms with van der Waals surface area (Å²) in [6, 6.07) is 8.25. The number of hydrogen-bond acceptors (Lipinski definition) is 6. The minimum absolute atomic E-state index is 0.0342. The Morgan fingerprint density at radius 3 is 2.29 bits per heavy atom. The number of thiophene rings is 3. The summed E-state index contributed by atoms with van der Waals surface area (Å²) in [6.07, 6.45) is -0.290. The predicted octanol–water partition coefficient (Wildman–Crippen LogP) is 4.34. The van der Waals surface area contributed by atoms with Crippen molar-refractivity contribution in [3.63, 3.8) is 0 Å². The van der Waals surface area contributed by atoms with Gasteiger partial charge in [-0.1, -0.05) is 12.1 Å². The van der Waals surface area contributed by atoms with Gasteiger partial charge in [-0.3, -0.25) is 0 Å². The SMILES string of the molecule is OCC1COc2c(-c3cccs3)sc(-c3cccs3)c2O1. The number of aliphatic hydroxyl groups excluding tert-OH is 1. The molecule has 4 rings (SSSR count). The average Bonchev–Trinajstić information content (AvgIpc) is 3.25. The molecule has 3 aromatic heterocycles. The lowest BCUT2D eigenvalue weighted by Crippen LogP contribution is -2.32. The summed E-state index contributed by atoms with van der Waals surface area (Å²) < 4.78 is 11.9. The van der Waals surface area contributed by atoms with Gasteiger partial charge in [0.2, 0.25) is 0 Å². The Kier molecular flexibility index (Phi) is 3.46. The third-order valence-corrected chi connectivity index (χ3v) is 6.47. The minimum atomic E-state index is -0.290. The fraction of sp³-hybridized carbons (Fsp3) is 0.200. The van der Waals surface area contributed by atoms with Crippen LogP contribution < -0.4 is 9.47 Å². The van der Waals surface area contributed by atoms with Crippen molar-refractivity contribution in [1.29, 1.82) is 0 Å². The summed E-state index contributed by atoms with van der Waals surface area (Å²) in [6.45, 7) is 0.357. The van der Waals surface area contributed by atoms with Gasteiger partial charge in [-0.2, -0.15) is 0 Å². The Morgan fingerprint density at radius 2 is 1.71 bits per heavy atom. The van der Waals surface area contributed by atoms with Crippen LogP contribution in [-0.2, 0) is 0 Å². The van der Waals surface area contributed by atoms with Crippen LogP contribution >= 0.6 is 34.0 Å². The second-order valence-electron chi connectivity index (χ2n) is 4.61. The summed E-state index contributed by atoms with van der Waals surface area (Å²) in [7, 11) is 0. The third kappa shape index (κ3) is 2.28. The zero-order chi connectivity index (χ0) is 14.2. The lowest BCUT2D eigenvalue weighted by atomic mass is 10.2. The van der Waals surface area contributed by atoms with Crippen LogP contribution in [-0.4, -0.2) is 24.4 Å². The van der Waals surface area contributed by atoms with Gasteiger partial charge in [0.15, 0.2) is 17.6 Å². The molecule has 0 spiro atoms. The summed E-state index contributed by atoms with van der Waals surface area (Å²) in [5.74, 6) is 1.59. The predicted molar refractivity (Wildman–Crippen MR) is 87.9 cm³/mol. The highest BCUT2D eigenvalue weighted by molar-refractivity contribution is 7.26. The van der Waals surface area contributed by atoms with Gasteiger partial charge in [0.25, 0.3) is 0 Å². The quantitative estimate of drug-likeness (QED) is 0.773. The Labute approximate surface area is 134 Å². The molecule has 0 amide bonds. The maximum atomic E-state index is 9.33. The highest BCUT2D eigenvalue weighted by atomic mass is 32.1. The molecule has 0 fully saturated rings. The van der Waals surface area contributed by atoms with Crippen LogP contribution in [0.5, 0.6) is 11.5 Å². The topological polar surface area (TPSA) is 38.7 Å². The van der Waals surface area contributed by atoms with Gasteiger partial charge in [-0.15, -0.1) is 34.0 Å². The normalized spacial score (nSPS) is 17.1. The standard InChI is InChI=1S/C15H12O3S3/c16-7-9-8-17-12-13(18-9)15(11-4-2-6-20-11)21-14(12)10-3-1-5-19-10/h1-6,9,16H,7-8H2. The molecule has 1 aliphatic heterocycles. The smallest absolute Gasteiger partial charge is 0.182 e. The zero-order valence-electron chi connectivity index (χ0n) is 10.9. The largest absolute Gasteiger partial charge is 0.484 e. The number of rotatable bonds is 3. The molecule has 108 valence electrons. The van der Waals surface area contributed by atoms with E-state index < -0.39 is 0 Å². The van der Waals surface area contributed by atoms with Gasteiger partial charge in [0.1, 0.15) is 6.61 Å².